The van der Waals surface area contributed by atoms with Crippen LogP contribution in [0.4, 0.5) is 5.69 Å². The molecule has 2 atom stereocenters. The molecule has 9 heteroatoms. The third-order valence-electron chi connectivity index (χ3n) is 7.67. The molecule has 1 N–H and O–H groups in total. The van der Waals surface area contributed by atoms with E-state index in [2.05, 4.69) is 20.8 Å². The summed E-state index contributed by atoms with van der Waals surface area (Å²) in [6.45, 7) is 10.2. The third-order valence-corrected chi connectivity index (χ3v) is 7.67. The first-order valence-electron chi connectivity index (χ1n) is 14.0. The number of carboxylic acids is 1. The molecule has 3 aliphatic rings. The molecule has 0 spiro atoms. The van der Waals surface area contributed by atoms with Gasteiger partial charge in [-0.05, 0) is 37.3 Å². The van der Waals surface area contributed by atoms with Gasteiger partial charge in [-0.15, -0.1) is 0 Å². The summed E-state index contributed by atoms with van der Waals surface area (Å²) in [7, 11) is 0. The van der Waals surface area contributed by atoms with Gasteiger partial charge in [-0.2, -0.15) is 0 Å². The van der Waals surface area contributed by atoms with Crippen LogP contribution >= 0.6 is 0 Å². The van der Waals surface area contributed by atoms with E-state index in [0.29, 0.717) is 57.2 Å². The molecule has 0 unspecified atom stereocenters. The molecule has 2 aromatic carbocycles. The molecule has 9 nitrogen and oxygen atoms in total. The highest BCUT2D eigenvalue weighted by atomic mass is 16.6. The first-order chi connectivity index (χ1) is 19.0. The van der Waals surface area contributed by atoms with Crippen LogP contribution in [0.3, 0.4) is 0 Å². The predicted octanol–water partition coefficient (Wildman–Crippen LogP) is 4.35. The number of carbonyl (C=O) groups excluding carboxylic acids is 2. The first kappa shape index (κ1) is 28.0. The number of aliphatic carboxylic acids is 1. The van der Waals surface area contributed by atoms with E-state index in [9.17, 15) is 19.5 Å². The lowest BCUT2D eigenvalue weighted by atomic mass is 9.93. The van der Waals surface area contributed by atoms with Gasteiger partial charge < -0.3 is 29.1 Å². The number of aryl methyl sites for hydroxylation is 1. The number of amides is 2. The van der Waals surface area contributed by atoms with Crippen LogP contribution in [-0.2, 0) is 19.1 Å². The Morgan fingerprint density at radius 1 is 1.02 bits per heavy atom. The highest BCUT2D eigenvalue weighted by Crippen LogP contribution is 2.46. The molecule has 214 valence electrons. The van der Waals surface area contributed by atoms with Crippen molar-refractivity contribution in [2.45, 2.75) is 59.2 Å². The molecule has 5 rings (SSSR count). The monoisotopic (exact) mass is 550 g/mol. The summed E-state index contributed by atoms with van der Waals surface area (Å²) in [4.78, 5) is 42.5. The zero-order valence-electron chi connectivity index (χ0n) is 23.6. The highest BCUT2D eigenvalue weighted by molar-refractivity contribution is 6.00. The highest BCUT2D eigenvalue weighted by Gasteiger charge is 2.41. The Bertz CT molecular complexity index is 1290. The minimum Gasteiger partial charge on any atom is -0.486 e. The van der Waals surface area contributed by atoms with Crippen LogP contribution in [0.1, 0.15) is 62.8 Å². The van der Waals surface area contributed by atoms with E-state index in [1.54, 1.807) is 9.80 Å². The fourth-order valence-corrected chi connectivity index (χ4v) is 5.70. The van der Waals surface area contributed by atoms with Crippen molar-refractivity contribution in [2.24, 2.45) is 11.3 Å². The van der Waals surface area contributed by atoms with Crippen molar-refractivity contribution in [1.82, 2.24) is 4.90 Å². The van der Waals surface area contributed by atoms with Gasteiger partial charge in [-0.25, -0.2) is 0 Å². The minimum atomic E-state index is -1.04. The van der Waals surface area contributed by atoms with Gasteiger partial charge in [0.2, 0.25) is 5.91 Å². The maximum absolute atomic E-state index is 14.2. The minimum absolute atomic E-state index is 0.132. The number of carbonyl (C=O) groups is 3. The van der Waals surface area contributed by atoms with E-state index in [1.165, 1.54) is 0 Å². The molecule has 0 aliphatic carbocycles. The van der Waals surface area contributed by atoms with Crippen molar-refractivity contribution in [2.75, 3.05) is 37.7 Å². The Kier molecular flexibility index (Phi) is 7.77. The second-order valence-electron chi connectivity index (χ2n) is 12.1. The molecule has 1 fully saturated rings. The second kappa shape index (κ2) is 11.1. The van der Waals surface area contributed by atoms with E-state index in [-0.39, 0.29) is 23.7 Å². The lowest BCUT2D eigenvalue weighted by Crippen LogP contribution is -2.47. The van der Waals surface area contributed by atoms with Crippen molar-refractivity contribution in [3.05, 3.63) is 53.1 Å². The Morgan fingerprint density at radius 3 is 2.45 bits per heavy atom. The molecule has 2 amide bonds. The standard InChI is InChI=1S/C31H38N2O7/c1-19-8-9-23-22(16-19)27(21-6-5-7-24-28(21)39-15-14-38-24)40-25(29(35)33(23)18-31(2,3)4)17-26(34)32-12-10-20(11-13-32)30(36)37/h5-9,16,20,25,27H,10-15,17-18H2,1-4H3,(H,36,37)/t25-,27-/m0/s1. The molecular formula is C31H38N2O7. The van der Waals surface area contributed by atoms with Gasteiger partial charge in [-0.3, -0.25) is 14.4 Å². The average Bonchev–Trinajstić information content (AvgIpc) is 3.02. The van der Waals surface area contributed by atoms with Gasteiger partial charge in [0.05, 0.1) is 12.3 Å². The molecule has 0 bridgehead atoms. The molecule has 1 saturated heterocycles. The number of rotatable bonds is 5. The average molecular weight is 551 g/mol. The van der Waals surface area contributed by atoms with E-state index in [4.69, 9.17) is 14.2 Å². The van der Waals surface area contributed by atoms with E-state index < -0.39 is 24.1 Å². The normalized spacial score (nSPS) is 21.6. The molecule has 0 aromatic heterocycles. The van der Waals surface area contributed by atoms with E-state index in [1.807, 2.05) is 43.3 Å². The number of hydrogen-bond acceptors (Lipinski definition) is 6. The van der Waals surface area contributed by atoms with Crippen LogP contribution < -0.4 is 14.4 Å². The molecule has 0 saturated carbocycles. The zero-order chi connectivity index (χ0) is 28.6. The van der Waals surface area contributed by atoms with E-state index in [0.717, 1.165) is 22.4 Å². The lowest BCUT2D eigenvalue weighted by Gasteiger charge is -2.33. The number of ether oxygens (including phenoxy) is 3. The SMILES string of the molecule is Cc1ccc2c(c1)[C@H](c1cccc3c1OCCO3)O[C@@H](CC(=O)N1CCC(C(=O)O)CC1)C(=O)N2CC(C)(C)C. The number of carboxylic acid groups (broad SMARTS) is 1. The number of likely N-dealkylation sites (tertiary alicyclic amines) is 1. The molecule has 3 heterocycles. The molecule has 40 heavy (non-hydrogen) atoms. The van der Waals surface area contributed by atoms with Crippen molar-refractivity contribution < 1.29 is 33.7 Å². The topological polar surface area (TPSA) is 106 Å². The van der Waals surface area contributed by atoms with Crippen LogP contribution in [0.5, 0.6) is 11.5 Å². The van der Waals surface area contributed by atoms with Gasteiger partial charge >= 0.3 is 5.97 Å². The van der Waals surface area contributed by atoms with Gasteiger partial charge in [-0.1, -0.05) is 50.6 Å². The fraction of sp³-hybridized carbons (Fsp3) is 0.516. The van der Waals surface area contributed by atoms with Crippen molar-refractivity contribution >= 4 is 23.5 Å². The number of benzene rings is 2. The third kappa shape index (κ3) is 5.80. The number of fused-ring (bicyclic) bond motifs is 2. The van der Waals surface area contributed by atoms with Crippen molar-refractivity contribution in [1.29, 1.82) is 0 Å². The van der Waals surface area contributed by atoms with Crippen LogP contribution in [0, 0.1) is 18.3 Å². The molecule has 3 aliphatic heterocycles. The number of para-hydroxylation sites is 1. The second-order valence-corrected chi connectivity index (χ2v) is 12.1. The largest absolute Gasteiger partial charge is 0.486 e. The van der Waals surface area contributed by atoms with Crippen LogP contribution in [0.2, 0.25) is 0 Å². The first-order valence-corrected chi connectivity index (χ1v) is 14.0. The van der Waals surface area contributed by atoms with Gasteiger partial charge in [0.15, 0.2) is 11.5 Å². The van der Waals surface area contributed by atoms with Crippen LogP contribution in [-0.4, -0.2) is 66.7 Å². The summed E-state index contributed by atoms with van der Waals surface area (Å²) in [5, 5.41) is 9.35. The smallest absolute Gasteiger partial charge is 0.306 e. The number of nitrogens with zero attached hydrogens (tertiary/aromatic N) is 2. The molecule has 0 radical (unpaired) electrons. The fourth-order valence-electron chi connectivity index (χ4n) is 5.70. The quantitative estimate of drug-likeness (QED) is 0.590. The van der Waals surface area contributed by atoms with Gasteiger partial charge in [0.25, 0.3) is 5.91 Å². The maximum Gasteiger partial charge on any atom is 0.306 e. The molecule has 2 aromatic rings. The number of hydrogen-bond donors (Lipinski definition) is 1. The summed E-state index contributed by atoms with van der Waals surface area (Å²) in [5.74, 6) is -0.552. The zero-order valence-corrected chi connectivity index (χ0v) is 23.6. The summed E-state index contributed by atoms with van der Waals surface area (Å²) in [6, 6.07) is 11.6. The van der Waals surface area contributed by atoms with Gasteiger partial charge in [0, 0.05) is 36.4 Å². The summed E-state index contributed by atoms with van der Waals surface area (Å²) in [5.41, 5.74) is 3.13. The Morgan fingerprint density at radius 2 is 1.75 bits per heavy atom. The molecular weight excluding hydrogens is 512 g/mol. The Balaban J connectivity index is 1.54. The maximum atomic E-state index is 14.2. The van der Waals surface area contributed by atoms with Crippen molar-refractivity contribution in [3.8, 4) is 11.5 Å². The van der Waals surface area contributed by atoms with Crippen LogP contribution in [0.25, 0.3) is 0 Å². The summed E-state index contributed by atoms with van der Waals surface area (Å²) < 4.78 is 18.5. The summed E-state index contributed by atoms with van der Waals surface area (Å²) >= 11 is 0. The lowest BCUT2D eigenvalue weighted by molar-refractivity contribution is -0.148. The number of piperidine rings is 1. The summed E-state index contributed by atoms with van der Waals surface area (Å²) in [6.07, 6.45) is -1.04. The van der Waals surface area contributed by atoms with Gasteiger partial charge in [0.1, 0.15) is 25.4 Å². The van der Waals surface area contributed by atoms with Crippen molar-refractivity contribution in [3.63, 3.8) is 0 Å². The number of anilines is 1. The Labute approximate surface area is 235 Å². The van der Waals surface area contributed by atoms with Crippen LogP contribution in [0.15, 0.2) is 36.4 Å². The van der Waals surface area contributed by atoms with E-state index >= 15 is 0 Å². The Hall–Kier alpha value is -3.59. The predicted molar refractivity (Wildman–Crippen MR) is 149 cm³/mol.